The summed E-state index contributed by atoms with van der Waals surface area (Å²) in [5, 5.41) is 14.7. The molecular weight excluding hydrogens is 364 g/mol. The number of carbonyl (C=O) groups is 2. The number of fused-ring (bicyclic) bond motifs is 1. The third-order valence-corrected chi connectivity index (χ3v) is 4.56. The van der Waals surface area contributed by atoms with E-state index in [9.17, 15) is 19.7 Å². The molecule has 1 aromatic carbocycles. The molecule has 28 heavy (non-hydrogen) atoms. The molecule has 0 spiro atoms. The number of nitrogens with zero attached hydrogens (tertiary/aromatic N) is 2. The number of piperidine rings is 1. The van der Waals surface area contributed by atoms with Crippen molar-refractivity contribution < 1.29 is 19.2 Å². The van der Waals surface area contributed by atoms with Crippen LogP contribution in [0.15, 0.2) is 24.3 Å². The van der Waals surface area contributed by atoms with Crippen LogP contribution in [0.1, 0.15) is 44.1 Å². The lowest BCUT2D eigenvalue weighted by molar-refractivity contribution is -0.383. The molecule has 0 atom stereocenters. The number of aromatic amines is 1. The Labute approximate surface area is 162 Å². The van der Waals surface area contributed by atoms with Crippen molar-refractivity contribution in [3.05, 3.63) is 40.1 Å². The molecule has 150 valence electrons. The fourth-order valence-electron chi connectivity index (χ4n) is 3.21. The highest BCUT2D eigenvalue weighted by atomic mass is 16.6. The van der Waals surface area contributed by atoms with E-state index in [1.54, 1.807) is 23.1 Å². The summed E-state index contributed by atoms with van der Waals surface area (Å²) in [4.78, 5) is 39.8. The first kappa shape index (κ1) is 19.7. The molecule has 1 fully saturated rings. The topological polar surface area (TPSA) is 118 Å². The Morgan fingerprint density at radius 1 is 1.29 bits per heavy atom. The van der Waals surface area contributed by atoms with Crippen LogP contribution in [0.4, 0.5) is 10.5 Å². The standard InChI is InChI=1S/C19H24N4O5/c1-19(2,3)28-18(25)22-9-7-13(8-10-22)20-17(24)14-11-12-5-4-6-15(23(26)27)16(12)21-14/h4-6,11,13,21H,7-10H2,1-3H3,(H,20,24). The molecule has 0 aliphatic carbocycles. The number of aromatic nitrogens is 1. The van der Waals surface area contributed by atoms with Crippen LogP contribution in [-0.2, 0) is 4.74 Å². The van der Waals surface area contributed by atoms with E-state index in [0.717, 1.165) is 0 Å². The van der Waals surface area contributed by atoms with Gasteiger partial charge in [-0.05, 0) is 39.7 Å². The van der Waals surface area contributed by atoms with E-state index < -0.39 is 10.5 Å². The van der Waals surface area contributed by atoms with Crippen LogP contribution in [0.5, 0.6) is 0 Å². The van der Waals surface area contributed by atoms with Crippen molar-refractivity contribution in [2.24, 2.45) is 0 Å². The number of hydrogen-bond acceptors (Lipinski definition) is 5. The van der Waals surface area contributed by atoms with E-state index in [4.69, 9.17) is 4.74 Å². The lowest BCUT2D eigenvalue weighted by atomic mass is 10.1. The highest BCUT2D eigenvalue weighted by Gasteiger charge is 2.28. The van der Waals surface area contributed by atoms with Gasteiger partial charge in [-0.2, -0.15) is 0 Å². The van der Waals surface area contributed by atoms with Gasteiger partial charge in [-0.15, -0.1) is 0 Å². The lowest BCUT2D eigenvalue weighted by Gasteiger charge is -2.33. The van der Waals surface area contributed by atoms with Gasteiger partial charge < -0.3 is 19.9 Å². The fourth-order valence-corrected chi connectivity index (χ4v) is 3.21. The number of para-hydroxylation sites is 1. The second-order valence-electron chi connectivity index (χ2n) is 7.90. The summed E-state index contributed by atoms with van der Waals surface area (Å²) >= 11 is 0. The molecule has 2 amide bonds. The van der Waals surface area contributed by atoms with Crippen LogP contribution in [0, 0.1) is 10.1 Å². The number of H-pyrrole nitrogens is 1. The minimum absolute atomic E-state index is 0.0674. The summed E-state index contributed by atoms with van der Waals surface area (Å²) < 4.78 is 5.37. The number of hydrogen-bond donors (Lipinski definition) is 2. The molecule has 3 rings (SSSR count). The van der Waals surface area contributed by atoms with E-state index in [0.29, 0.717) is 36.8 Å². The minimum Gasteiger partial charge on any atom is -0.444 e. The Kier molecular flexibility index (Phi) is 5.26. The number of non-ortho nitro benzene ring substituents is 1. The predicted molar refractivity (Wildman–Crippen MR) is 103 cm³/mol. The van der Waals surface area contributed by atoms with Crippen LogP contribution >= 0.6 is 0 Å². The summed E-state index contributed by atoms with van der Waals surface area (Å²) in [6.45, 7) is 6.46. The zero-order valence-corrected chi connectivity index (χ0v) is 16.2. The van der Waals surface area contributed by atoms with E-state index >= 15 is 0 Å². The number of benzene rings is 1. The number of ether oxygens (including phenoxy) is 1. The Bertz CT molecular complexity index is 907. The summed E-state index contributed by atoms with van der Waals surface area (Å²) in [7, 11) is 0. The third-order valence-electron chi connectivity index (χ3n) is 4.56. The smallest absolute Gasteiger partial charge is 0.410 e. The first-order valence-electron chi connectivity index (χ1n) is 9.19. The van der Waals surface area contributed by atoms with Gasteiger partial charge in [0.25, 0.3) is 11.6 Å². The Morgan fingerprint density at radius 3 is 2.57 bits per heavy atom. The summed E-state index contributed by atoms with van der Waals surface area (Å²) in [6, 6.07) is 6.23. The predicted octanol–water partition coefficient (Wildman–Crippen LogP) is 3.21. The van der Waals surface area contributed by atoms with Gasteiger partial charge in [0, 0.05) is 30.6 Å². The van der Waals surface area contributed by atoms with Crippen LogP contribution in [-0.4, -0.2) is 51.5 Å². The van der Waals surface area contributed by atoms with Crippen molar-refractivity contribution in [2.75, 3.05) is 13.1 Å². The van der Waals surface area contributed by atoms with Crippen LogP contribution in [0.3, 0.4) is 0 Å². The maximum Gasteiger partial charge on any atom is 0.410 e. The third kappa shape index (κ3) is 4.41. The molecule has 0 radical (unpaired) electrons. The van der Waals surface area contributed by atoms with Gasteiger partial charge in [0.05, 0.1) is 4.92 Å². The zero-order chi connectivity index (χ0) is 20.5. The van der Waals surface area contributed by atoms with Crippen molar-refractivity contribution in [2.45, 2.75) is 45.3 Å². The second kappa shape index (κ2) is 7.49. The summed E-state index contributed by atoms with van der Waals surface area (Å²) in [6.07, 6.45) is 0.886. The molecule has 0 unspecified atom stereocenters. The van der Waals surface area contributed by atoms with Gasteiger partial charge in [0.2, 0.25) is 0 Å². The molecular formula is C19H24N4O5. The van der Waals surface area contributed by atoms with Gasteiger partial charge >= 0.3 is 6.09 Å². The molecule has 2 N–H and O–H groups in total. The number of nitrogens with one attached hydrogen (secondary N) is 2. The number of rotatable bonds is 3. The number of amides is 2. The molecule has 9 heteroatoms. The highest BCUT2D eigenvalue weighted by molar-refractivity contribution is 6.00. The second-order valence-corrected chi connectivity index (χ2v) is 7.90. The molecule has 0 saturated carbocycles. The largest absolute Gasteiger partial charge is 0.444 e. The van der Waals surface area contributed by atoms with Crippen molar-refractivity contribution in [3.63, 3.8) is 0 Å². The number of carbonyl (C=O) groups excluding carboxylic acids is 2. The van der Waals surface area contributed by atoms with Crippen LogP contribution in [0.25, 0.3) is 10.9 Å². The summed E-state index contributed by atoms with van der Waals surface area (Å²) in [5.74, 6) is -0.318. The van der Waals surface area contributed by atoms with Crippen molar-refractivity contribution in [1.29, 1.82) is 0 Å². The van der Waals surface area contributed by atoms with Crippen molar-refractivity contribution in [3.8, 4) is 0 Å². The van der Waals surface area contributed by atoms with Gasteiger partial charge in [-0.3, -0.25) is 14.9 Å². The molecule has 1 aliphatic heterocycles. The number of nitro benzene ring substituents is 1. The monoisotopic (exact) mass is 388 g/mol. The fraction of sp³-hybridized carbons (Fsp3) is 0.474. The molecule has 2 aromatic rings. The summed E-state index contributed by atoms with van der Waals surface area (Å²) in [5.41, 5.74) is -0.00102. The van der Waals surface area contributed by atoms with Gasteiger partial charge in [-0.1, -0.05) is 12.1 Å². The van der Waals surface area contributed by atoms with Crippen molar-refractivity contribution >= 4 is 28.6 Å². The Morgan fingerprint density at radius 2 is 1.96 bits per heavy atom. The Hall–Kier alpha value is -3.10. The SMILES string of the molecule is CC(C)(C)OC(=O)N1CCC(NC(=O)c2cc3cccc([N+](=O)[O-])c3[nH]2)CC1. The first-order valence-corrected chi connectivity index (χ1v) is 9.19. The molecule has 1 aromatic heterocycles. The minimum atomic E-state index is -0.541. The molecule has 1 saturated heterocycles. The lowest BCUT2D eigenvalue weighted by Crippen LogP contribution is -2.47. The van der Waals surface area contributed by atoms with E-state index in [2.05, 4.69) is 10.3 Å². The Balaban J connectivity index is 1.61. The molecule has 9 nitrogen and oxygen atoms in total. The molecule has 2 heterocycles. The quantitative estimate of drug-likeness (QED) is 0.618. The molecule has 1 aliphatic rings. The average molecular weight is 388 g/mol. The van der Waals surface area contributed by atoms with Crippen LogP contribution in [0.2, 0.25) is 0 Å². The number of nitro groups is 1. The molecule has 0 bridgehead atoms. The van der Waals surface area contributed by atoms with Crippen molar-refractivity contribution in [1.82, 2.24) is 15.2 Å². The van der Waals surface area contributed by atoms with E-state index in [1.165, 1.54) is 6.07 Å². The van der Waals surface area contributed by atoms with Gasteiger partial charge in [0.1, 0.15) is 16.8 Å². The first-order chi connectivity index (χ1) is 13.1. The maximum atomic E-state index is 12.5. The van der Waals surface area contributed by atoms with Crippen LogP contribution < -0.4 is 5.32 Å². The normalized spacial score (nSPS) is 15.5. The van der Waals surface area contributed by atoms with Gasteiger partial charge in [0.15, 0.2) is 0 Å². The number of likely N-dealkylation sites (tertiary alicyclic amines) is 1. The van der Waals surface area contributed by atoms with E-state index in [1.807, 2.05) is 20.8 Å². The van der Waals surface area contributed by atoms with Gasteiger partial charge in [-0.25, -0.2) is 4.79 Å². The maximum absolute atomic E-state index is 12.5. The zero-order valence-electron chi connectivity index (χ0n) is 16.2. The van der Waals surface area contributed by atoms with E-state index in [-0.39, 0.29) is 29.4 Å². The highest BCUT2D eigenvalue weighted by Crippen LogP contribution is 2.25. The average Bonchev–Trinajstić information content (AvgIpc) is 3.05.